The quantitative estimate of drug-likeness (QED) is 0.271. The first-order valence-electron chi connectivity index (χ1n) is 15.1. The van der Waals surface area contributed by atoms with Crippen molar-refractivity contribution in [3.05, 3.63) is 108 Å². The molecule has 1 aliphatic heterocycles. The van der Waals surface area contributed by atoms with E-state index in [1.165, 1.54) is 32.1 Å². The van der Waals surface area contributed by atoms with Gasteiger partial charge in [0.05, 0.1) is 38.6 Å². The number of hydrogen-bond acceptors (Lipinski definition) is 5. The van der Waals surface area contributed by atoms with Crippen molar-refractivity contribution < 1.29 is 19.3 Å². The number of nitrogens with zero attached hydrogens (tertiary/aromatic N) is 1. The SMILES string of the molecule is OC[C@@H]1[C@@H](OCc2ccccc2)[C@H](OCc2ccccc2)[C@@H](OCc2ccccc2)CN1CCC1CCCCC1. The van der Waals surface area contributed by atoms with Gasteiger partial charge in [0, 0.05) is 6.54 Å². The van der Waals surface area contributed by atoms with E-state index < -0.39 is 0 Å². The molecule has 214 valence electrons. The lowest BCUT2D eigenvalue weighted by atomic mass is 9.86. The molecular formula is C35H45NO4. The van der Waals surface area contributed by atoms with E-state index in [1.54, 1.807) is 0 Å². The van der Waals surface area contributed by atoms with Crippen LogP contribution in [-0.2, 0) is 34.0 Å². The molecule has 5 rings (SSSR count). The standard InChI is InChI=1S/C35H45NO4/c37-24-32-34(39-26-30-17-9-3-10-18-30)35(40-27-31-19-11-4-12-20-31)33(38-25-29-15-7-2-8-16-29)23-36(32)22-21-28-13-5-1-6-14-28/h2-4,7-12,15-20,28,32-35,37H,1,5-6,13-14,21-27H2/t32-,33+,34-,35-/m1/s1. The zero-order chi connectivity index (χ0) is 27.4. The molecule has 5 nitrogen and oxygen atoms in total. The first-order chi connectivity index (χ1) is 19.8. The van der Waals surface area contributed by atoms with E-state index in [0.29, 0.717) is 19.8 Å². The molecule has 0 aromatic heterocycles. The first-order valence-corrected chi connectivity index (χ1v) is 15.1. The van der Waals surface area contributed by atoms with E-state index in [0.717, 1.165) is 42.1 Å². The molecule has 1 N–H and O–H groups in total. The maximum Gasteiger partial charge on any atom is 0.113 e. The summed E-state index contributed by atoms with van der Waals surface area (Å²) in [5.74, 6) is 0.771. The molecule has 0 bridgehead atoms. The largest absolute Gasteiger partial charge is 0.395 e. The highest BCUT2D eigenvalue weighted by Crippen LogP contribution is 2.31. The Morgan fingerprint density at radius 1 is 0.625 bits per heavy atom. The lowest BCUT2D eigenvalue weighted by Crippen LogP contribution is -2.64. The summed E-state index contributed by atoms with van der Waals surface area (Å²) in [7, 11) is 0. The summed E-state index contributed by atoms with van der Waals surface area (Å²) >= 11 is 0. The van der Waals surface area contributed by atoms with Gasteiger partial charge in [0.15, 0.2) is 0 Å². The molecule has 0 spiro atoms. The summed E-state index contributed by atoms with van der Waals surface area (Å²) in [4.78, 5) is 2.42. The second-order valence-electron chi connectivity index (χ2n) is 11.4. The molecule has 0 amide bonds. The van der Waals surface area contributed by atoms with E-state index in [-0.39, 0.29) is 31.0 Å². The molecule has 1 aliphatic carbocycles. The number of aliphatic hydroxyl groups excluding tert-OH is 1. The third-order valence-electron chi connectivity index (χ3n) is 8.57. The number of rotatable bonds is 13. The molecule has 3 aromatic rings. The van der Waals surface area contributed by atoms with Crippen LogP contribution < -0.4 is 0 Å². The van der Waals surface area contributed by atoms with E-state index in [9.17, 15) is 5.11 Å². The van der Waals surface area contributed by atoms with Crippen LogP contribution in [0.25, 0.3) is 0 Å². The lowest BCUT2D eigenvalue weighted by Gasteiger charge is -2.48. The number of benzene rings is 3. The summed E-state index contributed by atoms with van der Waals surface area (Å²) in [5, 5.41) is 10.7. The van der Waals surface area contributed by atoms with Crippen LogP contribution in [0, 0.1) is 5.92 Å². The fraction of sp³-hybridized carbons (Fsp3) is 0.486. The number of likely N-dealkylation sites (tertiary alicyclic amines) is 1. The van der Waals surface area contributed by atoms with Crippen LogP contribution in [0.2, 0.25) is 0 Å². The topological polar surface area (TPSA) is 51.2 Å². The van der Waals surface area contributed by atoms with Crippen LogP contribution in [0.5, 0.6) is 0 Å². The summed E-state index contributed by atoms with van der Waals surface area (Å²) in [5.41, 5.74) is 3.37. The van der Waals surface area contributed by atoms with Crippen molar-refractivity contribution in [3.8, 4) is 0 Å². The summed E-state index contributed by atoms with van der Waals surface area (Å²) in [6, 6.07) is 30.7. The van der Waals surface area contributed by atoms with Gasteiger partial charge < -0.3 is 19.3 Å². The highest BCUT2D eigenvalue weighted by atomic mass is 16.6. The van der Waals surface area contributed by atoms with Gasteiger partial charge in [-0.3, -0.25) is 4.90 Å². The second kappa shape index (κ2) is 15.5. The predicted molar refractivity (Wildman–Crippen MR) is 159 cm³/mol. The van der Waals surface area contributed by atoms with Crippen LogP contribution in [-0.4, -0.2) is 54.1 Å². The van der Waals surface area contributed by atoms with Crippen LogP contribution in [0.1, 0.15) is 55.2 Å². The van der Waals surface area contributed by atoms with Gasteiger partial charge in [-0.15, -0.1) is 0 Å². The molecule has 1 saturated carbocycles. The van der Waals surface area contributed by atoms with Crippen molar-refractivity contribution in [2.75, 3.05) is 19.7 Å². The van der Waals surface area contributed by atoms with Gasteiger partial charge in [0.1, 0.15) is 12.2 Å². The van der Waals surface area contributed by atoms with Crippen molar-refractivity contribution in [1.82, 2.24) is 4.90 Å². The van der Waals surface area contributed by atoms with Gasteiger partial charge >= 0.3 is 0 Å². The third kappa shape index (κ3) is 8.25. The zero-order valence-electron chi connectivity index (χ0n) is 23.7. The van der Waals surface area contributed by atoms with E-state index in [4.69, 9.17) is 14.2 Å². The Balaban J connectivity index is 1.37. The van der Waals surface area contributed by atoms with Crippen LogP contribution in [0.3, 0.4) is 0 Å². The van der Waals surface area contributed by atoms with Crippen molar-refractivity contribution in [3.63, 3.8) is 0 Å². The molecule has 1 saturated heterocycles. The van der Waals surface area contributed by atoms with Crippen molar-refractivity contribution in [2.24, 2.45) is 5.92 Å². The molecule has 2 aliphatic rings. The summed E-state index contributed by atoms with van der Waals surface area (Å²) in [6.07, 6.45) is 7.03. The molecule has 0 radical (unpaired) electrons. The molecule has 2 fully saturated rings. The van der Waals surface area contributed by atoms with Crippen molar-refractivity contribution in [2.45, 2.75) is 82.7 Å². The van der Waals surface area contributed by atoms with Gasteiger partial charge in [0.2, 0.25) is 0 Å². The fourth-order valence-corrected chi connectivity index (χ4v) is 6.28. The normalized spacial score (nSPS) is 24.2. The number of piperidine rings is 1. The minimum absolute atomic E-state index is 0.0285. The van der Waals surface area contributed by atoms with Gasteiger partial charge in [0.25, 0.3) is 0 Å². The molecule has 0 unspecified atom stereocenters. The highest BCUT2D eigenvalue weighted by molar-refractivity contribution is 5.16. The monoisotopic (exact) mass is 543 g/mol. The molecule has 1 heterocycles. The lowest BCUT2D eigenvalue weighted by molar-refractivity contribution is -0.208. The summed E-state index contributed by atoms with van der Waals surface area (Å²) < 4.78 is 20.0. The third-order valence-corrected chi connectivity index (χ3v) is 8.57. The Labute approximate surface area is 240 Å². The molecule has 4 atom stereocenters. The molecule has 40 heavy (non-hydrogen) atoms. The smallest absolute Gasteiger partial charge is 0.113 e. The van der Waals surface area contributed by atoms with Gasteiger partial charge in [-0.1, -0.05) is 123 Å². The van der Waals surface area contributed by atoms with E-state index in [1.807, 2.05) is 54.6 Å². The second-order valence-corrected chi connectivity index (χ2v) is 11.4. The maximum absolute atomic E-state index is 10.7. The minimum atomic E-state index is -0.324. The number of ether oxygens (including phenoxy) is 3. The van der Waals surface area contributed by atoms with Crippen LogP contribution in [0.15, 0.2) is 91.0 Å². The number of hydrogen-bond donors (Lipinski definition) is 1. The maximum atomic E-state index is 10.7. The molecular weight excluding hydrogens is 498 g/mol. The van der Waals surface area contributed by atoms with Gasteiger partial charge in [-0.2, -0.15) is 0 Å². The molecule has 3 aromatic carbocycles. The average Bonchev–Trinajstić information content (AvgIpc) is 3.02. The average molecular weight is 544 g/mol. The van der Waals surface area contributed by atoms with Gasteiger partial charge in [-0.25, -0.2) is 0 Å². The van der Waals surface area contributed by atoms with Crippen molar-refractivity contribution >= 4 is 0 Å². The Morgan fingerprint density at radius 3 is 1.65 bits per heavy atom. The zero-order valence-corrected chi connectivity index (χ0v) is 23.7. The highest BCUT2D eigenvalue weighted by Gasteiger charge is 2.45. The van der Waals surface area contributed by atoms with Gasteiger partial charge in [-0.05, 0) is 35.6 Å². The number of aliphatic hydroxyl groups is 1. The Bertz CT molecular complexity index is 1090. The Hall–Kier alpha value is -2.54. The predicted octanol–water partition coefficient (Wildman–Crippen LogP) is 6.39. The van der Waals surface area contributed by atoms with E-state index in [2.05, 4.69) is 41.3 Å². The minimum Gasteiger partial charge on any atom is -0.395 e. The van der Waals surface area contributed by atoms with E-state index >= 15 is 0 Å². The fourth-order valence-electron chi connectivity index (χ4n) is 6.28. The van der Waals surface area contributed by atoms with Crippen molar-refractivity contribution in [1.29, 1.82) is 0 Å². The van der Waals surface area contributed by atoms with Crippen LogP contribution in [0.4, 0.5) is 0 Å². The molecule has 5 heteroatoms. The Kier molecular flexibility index (Phi) is 11.2. The Morgan fingerprint density at radius 2 is 1.12 bits per heavy atom. The first kappa shape index (κ1) is 29.0. The van der Waals surface area contributed by atoms with Crippen LogP contribution >= 0.6 is 0 Å². The summed E-state index contributed by atoms with van der Waals surface area (Å²) in [6.45, 7) is 3.15.